The van der Waals surface area contributed by atoms with E-state index >= 15 is 0 Å². The summed E-state index contributed by atoms with van der Waals surface area (Å²) in [5.41, 5.74) is 0.536. The molecule has 2 aromatic rings. The highest BCUT2D eigenvalue weighted by atomic mass is 16.2. The van der Waals surface area contributed by atoms with Crippen LogP contribution in [0, 0.1) is 6.92 Å². The molecule has 0 bridgehead atoms. The summed E-state index contributed by atoms with van der Waals surface area (Å²) >= 11 is 0. The summed E-state index contributed by atoms with van der Waals surface area (Å²) in [4.78, 5) is 26.7. The predicted molar refractivity (Wildman–Crippen MR) is 83.4 cm³/mol. The van der Waals surface area contributed by atoms with Gasteiger partial charge in [-0.15, -0.1) is 0 Å². The fraction of sp³-hybridized carbons (Fsp3) is 0.438. The Labute approximate surface area is 124 Å². The van der Waals surface area contributed by atoms with Crippen LogP contribution in [-0.2, 0) is 4.79 Å². The highest BCUT2D eigenvalue weighted by Crippen LogP contribution is 2.14. The van der Waals surface area contributed by atoms with Crippen molar-refractivity contribution in [1.29, 1.82) is 0 Å². The van der Waals surface area contributed by atoms with Crippen molar-refractivity contribution in [2.24, 2.45) is 0 Å². The second-order valence-corrected chi connectivity index (χ2v) is 5.07. The van der Waals surface area contributed by atoms with Gasteiger partial charge in [-0.25, -0.2) is 4.68 Å². The van der Waals surface area contributed by atoms with Crippen molar-refractivity contribution in [3.63, 3.8) is 0 Å². The van der Waals surface area contributed by atoms with Crippen LogP contribution in [-0.4, -0.2) is 33.7 Å². The lowest BCUT2D eigenvalue weighted by Crippen LogP contribution is -2.40. The lowest BCUT2D eigenvalue weighted by atomic mass is 10.1. The Bertz CT molecular complexity index is 717. The molecule has 0 saturated heterocycles. The SMILES string of the molecule is CCN(CC)C(=O)C(C)n1nc(C)c2ccccc2c1=O. The predicted octanol–water partition coefficient (Wildman–Crippen LogP) is 2.13. The number of aromatic nitrogens is 2. The maximum Gasteiger partial charge on any atom is 0.275 e. The molecule has 1 aromatic heterocycles. The first kappa shape index (κ1) is 15.2. The largest absolute Gasteiger partial charge is 0.341 e. The summed E-state index contributed by atoms with van der Waals surface area (Å²) in [7, 11) is 0. The number of hydrogen-bond acceptors (Lipinski definition) is 3. The van der Waals surface area contributed by atoms with Crippen LogP contribution < -0.4 is 5.56 Å². The number of hydrogen-bond donors (Lipinski definition) is 0. The number of fused-ring (bicyclic) bond motifs is 1. The van der Waals surface area contributed by atoms with Gasteiger partial charge in [0.25, 0.3) is 5.56 Å². The van der Waals surface area contributed by atoms with E-state index in [1.165, 1.54) is 4.68 Å². The van der Waals surface area contributed by atoms with Crippen LogP contribution in [0.15, 0.2) is 29.1 Å². The van der Waals surface area contributed by atoms with E-state index < -0.39 is 6.04 Å². The minimum atomic E-state index is -0.597. The average Bonchev–Trinajstić information content (AvgIpc) is 2.51. The molecular formula is C16H21N3O2. The van der Waals surface area contributed by atoms with Gasteiger partial charge in [-0.3, -0.25) is 9.59 Å². The van der Waals surface area contributed by atoms with Gasteiger partial charge >= 0.3 is 0 Å². The number of amides is 1. The number of nitrogens with zero attached hydrogens (tertiary/aromatic N) is 3. The molecule has 0 saturated carbocycles. The standard InChI is InChI=1S/C16H21N3O2/c1-5-18(6-2)15(20)12(4)19-16(21)14-10-8-7-9-13(14)11(3)17-19/h7-10,12H,5-6H2,1-4H3. The van der Waals surface area contributed by atoms with Gasteiger partial charge in [-0.1, -0.05) is 18.2 Å². The number of rotatable bonds is 4. The molecule has 0 fully saturated rings. The molecule has 5 nitrogen and oxygen atoms in total. The van der Waals surface area contributed by atoms with Gasteiger partial charge in [-0.2, -0.15) is 5.10 Å². The van der Waals surface area contributed by atoms with E-state index in [1.807, 2.05) is 39.0 Å². The van der Waals surface area contributed by atoms with Crippen molar-refractivity contribution >= 4 is 16.7 Å². The van der Waals surface area contributed by atoms with E-state index in [0.717, 1.165) is 11.1 Å². The van der Waals surface area contributed by atoms with Gasteiger partial charge in [0.05, 0.1) is 11.1 Å². The molecule has 0 N–H and O–H groups in total. The van der Waals surface area contributed by atoms with Gasteiger partial charge in [0.1, 0.15) is 6.04 Å². The first-order chi connectivity index (χ1) is 10.0. The Morgan fingerprint density at radius 3 is 2.38 bits per heavy atom. The van der Waals surface area contributed by atoms with Crippen molar-refractivity contribution in [2.75, 3.05) is 13.1 Å². The lowest BCUT2D eigenvalue weighted by Gasteiger charge is -2.23. The minimum absolute atomic E-state index is 0.0794. The normalized spacial score (nSPS) is 12.4. The maximum absolute atomic E-state index is 12.6. The summed E-state index contributed by atoms with van der Waals surface area (Å²) in [6.45, 7) is 8.68. The molecule has 0 aliphatic rings. The summed E-state index contributed by atoms with van der Waals surface area (Å²) in [5, 5.41) is 5.77. The number of likely N-dealkylation sites (N-methyl/N-ethyl adjacent to an activating group) is 1. The van der Waals surface area contributed by atoms with Crippen LogP contribution >= 0.6 is 0 Å². The van der Waals surface area contributed by atoms with Crippen molar-refractivity contribution in [2.45, 2.75) is 33.7 Å². The van der Waals surface area contributed by atoms with Gasteiger partial charge in [0.15, 0.2) is 0 Å². The summed E-state index contributed by atoms with van der Waals surface area (Å²) < 4.78 is 1.30. The monoisotopic (exact) mass is 287 g/mol. The maximum atomic E-state index is 12.6. The molecule has 112 valence electrons. The first-order valence-electron chi connectivity index (χ1n) is 7.28. The molecule has 0 radical (unpaired) electrons. The Morgan fingerprint density at radius 2 is 1.81 bits per heavy atom. The molecule has 5 heteroatoms. The molecule has 1 unspecified atom stereocenters. The van der Waals surface area contributed by atoms with Crippen molar-refractivity contribution in [3.8, 4) is 0 Å². The zero-order valence-electron chi connectivity index (χ0n) is 13.0. The molecule has 2 rings (SSSR count). The molecule has 1 amide bonds. The van der Waals surface area contributed by atoms with Gasteiger partial charge < -0.3 is 4.90 Å². The smallest absolute Gasteiger partial charge is 0.275 e. The molecule has 0 spiro atoms. The second kappa shape index (κ2) is 6.08. The molecule has 1 atom stereocenters. The number of aryl methyl sites for hydroxylation is 1. The average molecular weight is 287 g/mol. The fourth-order valence-corrected chi connectivity index (χ4v) is 2.54. The number of carbonyl (C=O) groups is 1. The van der Waals surface area contributed by atoms with E-state index in [2.05, 4.69) is 5.10 Å². The summed E-state index contributed by atoms with van der Waals surface area (Å²) in [5.74, 6) is -0.0794. The fourth-order valence-electron chi connectivity index (χ4n) is 2.54. The second-order valence-electron chi connectivity index (χ2n) is 5.07. The molecule has 0 aliphatic heterocycles. The number of carbonyl (C=O) groups excluding carboxylic acids is 1. The molecule has 21 heavy (non-hydrogen) atoms. The van der Waals surface area contributed by atoms with Crippen molar-refractivity contribution in [1.82, 2.24) is 14.7 Å². The molecule has 0 aliphatic carbocycles. The van der Waals surface area contributed by atoms with Crippen molar-refractivity contribution < 1.29 is 4.79 Å². The third-order valence-electron chi connectivity index (χ3n) is 3.81. The minimum Gasteiger partial charge on any atom is -0.341 e. The highest BCUT2D eigenvalue weighted by Gasteiger charge is 2.22. The van der Waals surface area contributed by atoms with E-state index in [9.17, 15) is 9.59 Å². The van der Waals surface area contributed by atoms with E-state index in [1.54, 1.807) is 17.9 Å². The van der Waals surface area contributed by atoms with Crippen LogP contribution in [0.25, 0.3) is 10.8 Å². The lowest BCUT2D eigenvalue weighted by molar-refractivity contribution is -0.134. The van der Waals surface area contributed by atoms with Crippen LogP contribution in [0.2, 0.25) is 0 Å². The molecular weight excluding hydrogens is 266 g/mol. The third-order valence-corrected chi connectivity index (χ3v) is 3.81. The number of benzene rings is 1. The quantitative estimate of drug-likeness (QED) is 0.865. The summed E-state index contributed by atoms with van der Waals surface area (Å²) in [6, 6.07) is 6.76. The van der Waals surface area contributed by atoms with Gasteiger partial charge in [0, 0.05) is 18.5 Å². The zero-order chi connectivity index (χ0) is 15.6. The van der Waals surface area contributed by atoms with Crippen LogP contribution in [0.5, 0.6) is 0 Å². The van der Waals surface area contributed by atoms with E-state index in [0.29, 0.717) is 18.5 Å². The van der Waals surface area contributed by atoms with E-state index in [4.69, 9.17) is 0 Å². The van der Waals surface area contributed by atoms with Crippen LogP contribution in [0.1, 0.15) is 32.5 Å². The third kappa shape index (κ3) is 2.68. The van der Waals surface area contributed by atoms with Crippen LogP contribution in [0.3, 0.4) is 0 Å². The zero-order valence-corrected chi connectivity index (χ0v) is 13.0. The first-order valence-corrected chi connectivity index (χ1v) is 7.28. The Kier molecular flexibility index (Phi) is 4.40. The molecule has 1 aromatic carbocycles. The highest BCUT2D eigenvalue weighted by molar-refractivity contribution is 5.84. The Balaban J connectivity index is 2.54. The Hall–Kier alpha value is -2.17. The van der Waals surface area contributed by atoms with Crippen LogP contribution in [0.4, 0.5) is 0 Å². The van der Waals surface area contributed by atoms with E-state index in [-0.39, 0.29) is 11.5 Å². The van der Waals surface area contributed by atoms with Gasteiger partial charge in [-0.05, 0) is 33.8 Å². The Morgan fingerprint density at radius 1 is 1.24 bits per heavy atom. The molecule has 1 heterocycles. The van der Waals surface area contributed by atoms with Gasteiger partial charge in [0.2, 0.25) is 5.91 Å². The van der Waals surface area contributed by atoms with Crippen molar-refractivity contribution in [3.05, 3.63) is 40.3 Å². The topological polar surface area (TPSA) is 55.2 Å². The summed E-state index contributed by atoms with van der Waals surface area (Å²) in [6.07, 6.45) is 0.